The molecule has 0 aliphatic carbocycles. The van der Waals surface area contributed by atoms with Crippen molar-refractivity contribution in [2.75, 3.05) is 6.61 Å². The summed E-state index contributed by atoms with van der Waals surface area (Å²) < 4.78 is 31.7. The minimum atomic E-state index is -0.855. The maximum Gasteiger partial charge on any atom is 0.258 e. The highest BCUT2D eigenvalue weighted by molar-refractivity contribution is 5.78. The number of ether oxygens (including phenoxy) is 1. The van der Waals surface area contributed by atoms with Crippen LogP contribution in [0, 0.1) is 18.6 Å². The molecule has 27 heavy (non-hydrogen) atoms. The van der Waals surface area contributed by atoms with Crippen LogP contribution in [0.2, 0.25) is 0 Å². The number of amides is 1. The van der Waals surface area contributed by atoms with Crippen molar-refractivity contribution in [2.45, 2.75) is 13.0 Å². The van der Waals surface area contributed by atoms with Gasteiger partial charge in [-0.15, -0.1) is 0 Å². The minimum absolute atomic E-state index is 0.178. The molecule has 1 atom stereocenters. The van der Waals surface area contributed by atoms with Crippen LogP contribution in [0.15, 0.2) is 67.0 Å². The Hall–Kier alpha value is -3.28. The second kappa shape index (κ2) is 8.40. The normalized spacial score (nSPS) is 11.7. The number of aromatic nitrogens is 1. The average molecular weight is 368 g/mol. The van der Waals surface area contributed by atoms with Crippen molar-refractivity contribution in [1.82, 2.24) is 10.3 Å². The Balaban J connectivity index is 1.73. The van der Waals surface area contributed by atoms with Crippen LogP contribution in [0.4, 0.5) is 8.78 Å². The molecular weight excluding hydrogens is 350 g/mol. The molecule has 138 valence electrons. The first-order valence-corrected chi connectivity index (χ1v) is 8.36. The summed E-state index contributed by atoms with van der Waals surface area (Å²) >= 11 is 0. The molecule has 3 aromatic rings. The fraction of sp³-hybridized carbons (Fsp3) is 0.143. The summed E-state index contributed by atoms with van der Waals surface area (Å²) in [7, 11) is 0. The Kier molecular flexibility index (Phi) is 5.76. The number of benzene rings is 2. The monoisotopic (exact) mass is 368 g/mol. The van der Waals surface area contributed by atoms with E-state index in [4.69, 9.17) is 4.74 Å². The zero-order valence-corrected chi connectivity index (χ0v) is 14.7. The summed E-state index contributed by atoms with van der Waals surface area (Å²) in [5.41, 5.74) is 2.86. The van der Waals surface area contributed by atoms with E-state index in [-0.39, 0.29) is 5.75 Å². The third-order valence-electron chi connectivity index (χ3n) is 4.01. The van der Waals surface area contributed by atoms with E-state index in [1.807, 2.05) is 43.3 Å². The third-order valence-corrected chi connectivity index (χ3v) is 4.01. The molecule has 0 saturated carbocycles. The molecule has 6 heteroatoms. The second-order valence-corrected chi connectivity index (χ2v) is 6.06. The quantitative estimate of drug-likeness (QED) is 0.717. The van der Waals surface area contributed by atoms with Gasteiger partial charge in [0.25, 0.3) is 5.91 Å². The van der Waals surface area contributed by atoms with Crippen molar-refractivity contribution >= 4 is 5.91 Å². The fourth-order valence-electron chi connectivity index (χ4n) is 2.61. The Morgan fingerprint density at radius 3 is 2.37 bits per heavy atom. The van der Waals surface area contributed by atoms with Crippen molar-refractivity contribution in [1.29, 1.82) is 0 Å². The highest BCUT2D eigenvalue weighted by atomic mass is 19.1. The number of rotatable bonds is 6. The fourth-order valence-corrected chi connectivity index (χ4v) is 2.61. The van der Waals surface area contributed by atoms with Gasteiger partial charge in [-0.3, -0.25) is 9.78 Å². The first-order chi connectivity index (χ1) is 13.0. The molecule has 1 N–H and O–H groups in total. The van der Waals surface area contributed by atoms with Crippen LogP contribution in [0.5, 0.6) is 5.75 Å². The Bertz CT molecular complexity index is 915. The predicted octanol–water partition coefficient (Wildman–Crippen LogP) is 3.95. The van der Waals surface area contributed by atoms with E-state index in [9.17, 15) is 13.6 Å². The molecule has 2 aromatic carbocycles. The number of nitrogens with one attached hydrogen (secondary N) is 1. The van der Waals surface area contributed by atoms with Crippen molar-refractivity contribution in [3.05, 3.63) is 95.3 Å². The molecule has 0 saturated heterocycles. The van der Waals surface area contributed by atoms with Gasteiger partial charge in [0.05, 0.1) is 6.04 Å². The molecule has 3 rings (SSSR count). The summed E-state index contributed by atoms with van der Waals surface area (Å²) in [4.78, 5) is 16.4. The van der Waals surface area contributed by atoms with Gasteiger partial charge in [-0.05, 0) is 42.3 Å². The van der Waals surface area contributed by atoms with Gasteiger partial charge in [-0.25, -0.2) is 8.78 Å². The first-order valence-electron chi connectivity index (χ1n) is 8.36. The molecule has 0 bridgehead atoms. The van der Waals surface area contributed by atoms with Gasteiger partial charge in [0.2, 0.25) is 0 Å². The minimum Gasteiger partial charge on any atom is -0.481 e. The Morgan fingerprint density at radius 2 is 1.70 bits per heavy atom. The van der Waals surface area contributed by atoms with E-state index in [0.717, 1.165) is 28.8 Å². The zero-order chi connectivity index (χ0) is 19.2. The number of nitrogens with zero attached hydrogens (tertiary/aromatic N) is 1. The Labute approximate surface area is 155 Å². The van der Waals surface area contributed by atoms with Crippen LogP contribution in [0.3, 0.4) is 0 Å². The molecule has 0 radical (unpaired) electrons. The molecule has 1 amide bonds. The number of hydrogen-bond donors (Lipinski definition) is 1. The summed E-state index contributed by atoms with van der Waals surface area (Å²) in [5.74, 6) is -2.17. The highest BCUT2D eigenvalue weighted by Gasteiger charge is 2.17. The van der Waals surface area contributed by atoms with Gasteiger partial charge in [0.1, 0.15) is 5.82 Å². The lowest BCUT2D eigenvalue weighted by molar-refractivity contribution is -0.123. The number of aryl methyl sites for hydroxylation is 1. The van der Waals surface area contributed by atoms with E-state index in [1.165, 1.54) is 0 Å². The number of hydrogen-bond acceptors (Lipinski definition) is 3. The average Bonchev–Trinajstić information content (AvgIpc) is 2.67. The Morgan fingerprint density at radius 1 is 1.04 bits per heavy atom. The predicted molar refractivity (Wildman–Crippen MR) is 97.3 cm³/mol. The third kappa shape index (κ3) is 4.88. The first kappa shape index (κ1) is 18.5. The molecule has 0 spiro atoms. The van der Waals surface area contributed by atoms with E-state index in [1.54, 1.807) is 12.4 Å². The lowest BCUT2D eigenvalue weighted by Crippen LogP contribution is -2.33. The van der Waals surface area contributed by atoms with Crippen LogP contribution in [0.1, 0.15) is 22.7 Å². The van der Waals surface area contributed by atoms with Crippen molar-refractivity contribution in [3.8, 4) is 5.75 Å². The summed E-state index contributed by atoms with van der Waals surface area (Å²) in [6.45, 7) is 1.59. The van der Waals surface area contributed by atoms with E-state index in [0.29, 0.717) is 6.07 Å². The number of pyridine rings is 1. The molecule has 1 unspecified atom stereocenters. The van der Waals surface area contributed by atoms with Gasteiger partial charge in [-0.1, -0.05) is 29.8 Å². The largest absolute Gasteiger partial charge is 0.481 e. The molecular formula is C21H18F2N2O2. The van der Waals surface area contributed by atoms with Gasteiger partial charge in [-0.2, -0.15) is 0 Å². The van der Waals surface area contributed by atoms with E-state index < -0.39 is 30.2 Å². The molecule has 0 aliphatic heterocycles. The van der Waals surface area contributed by atoms with Crippen LogP contribution in [-0.2, 0) is 4.79 Å². The lowest BCUT2D eigenvalue weighted by atomic mass is 9.98. The van der Waals surface area contributed by atoms with E-state index in [2.05, 4.69) is 10.3 Å². The van der Waals surface area contributed by atoms with Gasteiger partial charge in [0.15, 0.2) is 18.2 Å². The molecule has 0 fully saturated rings. The summed E-state index contributed by atoms with van der Waals surface area (Å²) in [5, 5.41) is 2.88. The van der Waals surface area contributed by atoms with Gasteiger partial charge >= 0.3 is 0 Å². The smallest absolute Gasteiger partial charge is 0.258 e. The number of carbonyl (C=O) groups is 1. The molecule has 1 aromatic heterocycles. The maximum absolute atomic E-state index is 13.6. The van der Waals surface area contributed by atoms with E-state index >= 15 is 0 Å². The van der Waals surface area contributed by atoms with Crippen molar-refractivity contribution in [2.24, 2.45) is 0 Å². The van der Waals surface area contributed by atoms with Crippen LogP contribution < -0.4 is 10.1 Å². The summed E-state index contributed by atoms with van der Waals surface area (Å²) in [6, 6.07) is 13.9. The topological polar surface area (TPSA) is 51.2 Å². The zero-order valence-electron chi connectivity index (χ0n) is 14.7. The number of halogens is 2. The number of carbonyl (C=O) groups excluding carboxylic acids is 1. The maximum atomic E-state index is 13.6. The van der Waals surface area contributed by atoms with Crippen LogP contribution >= 0.6 is 0 Å². The second-order valence-electron chi connectivity index (χ2n) is 6.06. The SMILES string of the molecule is Cc1ccc(C(NC(=O)COc2ccc(F)cc2F)c2ccncc2)cc1. The van der Waals surface area contributed by atoms with Crippen molar-refractivity contribution < 1.29 is 18.3 Å². The van der Waals surface area contributed by atoms with Crippen molar-refractivity contribution in [3.63, 3.8) is 0 Å². The molecule has 4 nitrogen and oxygen atoms in total. The van der Waals surface area contributed by atoms with Gasteiger partial charge < -0.3 is 10.1 Å². The molecule has 1 heterocycles. The molecule has 0 aliphatic rings. The standard InChI is InChI=1S/C21H18F2N2O2/c1-14-2-4-15(5-3-14)21(16-8-10-24-11-9-16)25-20(26)13-27-19-7-6-17(22)12-18(19)23/h2-12,21H,13H2,1H3,(H,25,26). The van der Waals surface area contributed by atoms with Gasteiger partial charge in [0, 0.05) is 18.5 Å². The lowest BCUT2D eigenvalue weighted by Gasteiger charge is -2.20. The summed E-state index contributed by atoms with van der Waals surface area (Å²) in [6.07, 6.45) is 3.29. The van der Waals surface area contributed by atoms with Crippen LogP contribution in [0.25, 0.3) is 0 Å². The van der Waals surface area contributed by atoms with Crippen LogP contribution in [-0.4, -0.2) is 17.5 Å². The highest BCUT2D eigenvalue weighted by Crippen LogP contribution is 2.22.